The van der Waals surface area contributed by atoms with Gasteiger partial charge in [0, 0.05) is 24.2 Å². The first-order valence-electron chi connectivity index (χ1n) is 8.81. The Hall–Kier alpha value is -0.610. The minimum atomic E-state index is -0.623. The summed E-state index contributed by atoms with van der Waals surface area (Å²) >= 11 is 0. The highest BCUT2D eigenvalue weighted by atomic mass is 16.4. The van der Waals surface area contributed by atoms with Crippen molar-refractivity contribution >= 4 is 5.97 Å². The van der Waals surface area contributed by atoms with Crippen LogP contribution in [0.3, 0.4) is 0 Å². The summed E-state index contributed by atoms with van der Waals surface area (Å²) in [6.07, 6.45) is 11.3. The molecule has 0 spiro atoms. The highest BCUT2D eigenvalue weighted by Gasteiger charge is 2.46. The highest BCUT2D eigenvalue weighted by Crippen LogP contribution is 2.41. The Morgan fingerprint density at radius 2 is 1.90 bits per heavy atom. The predicted molar refractivity (Wildman–Crippen MR) is 83.4 cm³/mol. The number of carbonyl (C=O) groups is 1. The van der Waals surface area contributed by atoms with Gasteiger partial charge in [0.05, 0.1) is 6.42 Å². The third kappa shape index (κ3) is 2.98. The molecule has 3 fully saturated rings. The predicted octanol–water partition coefficient (Wildman–Crippen LogP) is 2.72. The van der Waals surface area contributed by atoms with E-state index in [0.717, 1.165) is 12.8 Å². The molecule has 0 radical (unpaired) electrons. The first kappa shape index (κ1) is 15.3. The third-order valence-corrected chi connectivity index (χ3v) is 6.33. The Morgan fingerprint density at radius 1 is 1.14 bits per heavy atom. The number of fused-ring (bicyclic) bond motifs is 1. The molecule has 2 aliphatic heterocycles. The van der Waals surface area contributed by atoms with Crippen LogP contribution in [0.2, 0.25) is 0 Å². The van der Waals surface area contributed by atoms with E-state index in [1.54, 1.807) is 0 Å². The van der Waals surface area contributed by atoms with E-state index >= 15 is 0 Å². The van der Waals surface area contributed by atoms with Gasteiger partial charge in [0.2, 0.25) is 0 Å². The van der Waals surface area contributed by atoms with Gasteiger partial charge in [0.15, 0.2) is 0 Å². The second-order valence-corrected chi connectivity index (χ2v) is 7.42. The molecule has 0 bridgehead atoms. The molecule has 2 atom stereocenters. The number of nitrogens with zero attached hydrogens (tertiary/aromatic N) is 2. The van der Waals surface area contributed by atoms with Gasteiger partial charge in [-0.2, -0.15) is 0 Å². The lowest BCUT2D eigenvalue weighted by Gasteiger charge is -2.49. The van der Waals surface area contributed by atoms with Crippen LogP contribution in [-0.2, 0) is 4.79 Å². The summed E-state index contributed by atoms with van der Waals surface area (Å²) < 4.78 is 0. The summed E-state index contributed by atoms with van der Waals surface area (Å²) in [5.41, 5.74) is -0.0811. The molecule has 120 valence electrons. The summed E-state index contributed by atoms with van der Waals surface area (Å²) in [5, 5.41) is 9.42. The lowest BCUT2D eigenvalue weighted by molar-refractivity contribution is -0.141. The normalized spacial score (nSPS) is 33.0. The first-order chi connectivity index (χ1) is 10.1. The van der Waals surface area contributed by atoms with Gasteiger partial charge in [-0.1, -0.05) is 25.7 Å². The number of likely N-dealkylation sites (N-methyl/N-ethyl adjacent to an activating group) is 1. The lowest BCUT2D eigenvalue weighted by atomic mass is 9.76. The molecular weight excluding hydrogens is 264 g/mol. The number of carboxylic acid groups (broad SMARTS) is 1. The van der Waals surface area contributed by atoms with Crippen molar-refractivity contribution < 1.29 is 9.90 Å². The maximum absolute atomic E-state index is 11.4. The Balaban J connectivity index is 1.76. The second kappa shape index (κ2) is 6.25. The summed E-state index contributed by atoms with van der Waals surface area (Å²) in [7, 11) is 2.22. The number of carboxylic acids is 1. The van der Waals surface area contributed by atoms with Crippen molar-refractivity contribution in [1.82, 2.24) is 9.80 Å². The van der Waals surface area contributed by atoms with Crippen LogP contribution in [-0.4, -0.2) is 58.6 Å². The Bertz CT molecular complexity index is 379. The summed E-state index contributed by atoms with van der Waals surface area (Å²) in [5.74, 6) is -0.623. The van der Waals surface area contributed by atoms with E-state index in [9.17, 15) is 9.90 Å². The zero-order chi connectivity index (χ0) is 14.9. The van der Waals surface area contributed by atoms with Crippen LogP contribution in [0.15, 0.2) is 0 Å². The molecule has 2 unspecified atom stereocenters. The number of rotatable bonds is 4. The molecule has 21 heavy (non-hydrogen) atoms. The molecule has 0 amide bonds. The number of aliphatic carboxylic acids is 1. The average molecular weight is 294 g/mol. The third-order valence-electron chi connectivity index (χ3n) is 6.33. The van der Waals surface area contributed by atoms with Gasteiger partial charge >= 0.3 is 5.97 Å². The van der Waals surface area contributed by atoms with Gasteiger partial charge in [-0.25, -0.2) is 0 Å². The smallest absolute Gasteiger partial charge is 0.305 e. The molecule has 0 aromatic heterocycles. The average Bonchev–Trinajstić information content (AvgIpc) is 2.90. The Morgan fingerprint density at radius 3 is 2.62 bits per heavy atom. The fourth-order valence-corrected chi connectivity index (χ4v) is 5.17. The van der Waals surface area contributed by atoms with Gasteiger partial charge in [0.25, 0.3) is 0 Å². The number of piperidine rings is 1. The molecule has 0 aromatic rings. The van der Waals surface area contributed by atoms with E-state index in [4.69, 9.17) is 0 Å². The van der Waals surface area contributed by atoms with Crippen LogP contribution < -0.4 is 0 Å². The fourth-order valence-electron chi connectivity index (χ4n) is 5.17. The second-order valence-electron chi connectivity index (χ2n) is 7.42. The molecule has 3 aliphatic rings. The molecule has 1 saturated carbocycles. The van der Waals surface area contributed by atoms with E-state index in [1.807, 2.05) is 0 Å². The van der Waals surface area contributed by atoms with Crippen molar-refractivity contribution in [3.63, 3.8) is 0 Å². The minimum Gasteiger partial charge on any atom is -0.481 e. The van der Waals surface area contributed by atoms with E-state index in [2.05, 4.69) is 16.8 Å². The molecule has 1 aliphatic carbocycles. The van der Waals surface area contributed by atoms with Crippen LogP contribution in [0, 0.1) is 0 Å². The molecule has 3 rings (SSSR count). The number of hydrogen-bond acceptors (Lipinski definition) is 3. The SMILES string of the molecule is CN(C1CCN2CCCCC12)C1(CC(=O)O)CCCCC1. The molecule has 0 aromatic carbocycles. The van der Waals surface area contributed by atoms with Crippen molar-refractivity contribution in [3.8, 4) is 0 Å². The zero-order valence-corrected chi connectivity index (χ0v) is 13.4. The van der Waals surface area contributed by atoms with Crippen LogP contribution in [0.25, 0.3) is 0 Å². The topological polar surface area (TPSA) is 43.8 Å². The van der Waals surface area contributed by atoms with Crippen molar-refractivity contribution in [2.75, 3.05) is 20.1 Å². The molecule has 4 nitrogen and oxygen atoms in total. The van der Waals surface area contributed by atoms with E-state index in [1.165, 1.54) is 58.0 Å². The van der Waals surface area contributed by atoms with E-state index < -0.39 is 5.97 Å². The van der Waals surface area contributed by atoms with Crippen LogP contribution in [0.5, 0.6) is 0 Å². The monoisotopic (exact) mass is 294 g/mol. The van der Waals surface area contributed by atoms with Gasteiger partial charge < -0.3 is 5.11 Å². The van der Waals surface area contributed by atoms with Gasteiger partial charge in [-0.05, 0) is 45.7 Å². The Kier molecular flexibility index (Phi) is 4.55. The van der Waals surface area contributed by atoms with E-state index in [-0.39, 0.29) is 5.54 Å². The van der Waals surface area contributed by atoms with Crippen LogP contribution >= 0.6 is 0 Å². The maximum atomic E-state index is 11.4. The quantitative estimate of drug-likeness (QED) is 0.866. The first-order valence-corrected chi connectivity index (χ1v) is 8.81. The molecular formula is C17H30N2O2. The minimum absolute atomic E-state index is 0.0811. The van der Waals surface area contributed by atoms with Gasteiger partial charge in [-0.15, -0.1) is 0 Å². The molecule has 4 heteroatoms. The largest absolute Gasteiger partial charge is 0.481 e. The van der Waals surface area contributed by atoms with Gasteiger partial charge in [0.1, 0.15) is 0 Å². The summed E-state index contributed by atoms with van der Waals surface area (Å²) in [4.78, 5) is 16.6. The molecule has 2 heterocycles. The molecule has 1 N–H and O–H groups in total. The summed E-state index contributed by atoms with van der Waals surface area (Å²) in [6.45, 7) is 2.46. The maximum Gasteiger partial charge on any atom is 0.305 e. The van der Waals surface area contributed by atoms with Crippen molar-refractivity contribution in [2.24, 2.45) is 0 Å². The molecule has 2 saturated heterocycles. The highest BCUT2D eigenvalue weighted by molar-refractivity contribution is 5.68. The van der Waals surface area contributed by atoms with Crippen molar-refractivity contribution in [3.05, 3.63) is 0 Å². The zero-order valence-electron chi connectivity index (χ0n) is 13.4. The van der Waals surface area contributed by atoms with Crippen LogP contribution in [0.1, 0.15) is 64.2 Å². The standard InChI is InChI=1S/C17H30N2O2/c1-18(14-8-12-19-11-6-3-7-15(14)19)17(13-16(20)21)9-4-2-5-10-17/h14-15H,2-13H2,1H3,(H,20,21). The lowest BCUT2D eigenvalue weighted by Crippen LogP contribution is -2.57. The van der Waals surface area contributed by atoms with Gasteiger partial charge in [-0.3, -0.25) is 14.6 Å². The van der Waals surface area contributed by atoms with E-state index in [0.29, 0.717) is 18.5 Å². The van der Waals surface area contributed by atoms with Crippen molar-refractivity contribution in [2.45, 2.75) is 81.8 Å². The summed E-state index contributed by atoms with van der Waals surface area (Å²) in [6, 6.07) is 1.25. The van der Waals surface area contributed by atoms with Crippen LogP contribution in [0.4, 0.5) is 0 Å². The van der Waals surface area contributed by atoms with Crippen molar-refractivity contribution in [1.29, 1.82) is 0 Å². The fraction of sp³-hybridized carbons (Fsp3) is 0.941. The Labute approximate surface area is 128 Å². The number of hydrogen-bond donors (Lipinski definition) is 1.